The van der Waals surface area contributed by atoms with E-state index in [0.717, 1.165) is 16.8 Å². The summed E-state index contributed by atoms with van der Waals surface area (Å²) in [5.41, 5.74) is 2.61. The summed E-state index contributed by atoms with van der Waals surface area (Å²) in [6, 6.07) is 25.2. The Balaban J connectivity index is 1.75. The molecule has 0 radical (unpaired) electrons. The molecule has 4 nitrogen and oxygen atoms in total. The summed E-state index contributed by atoms with van der Waals surface area (Å²) in [5, 5.41) is 3.28. The number of hydrogen-bond donors (Lipinski definition) is 1. The van der Waals surface area contributed by atoms with Crippen LogP contribution >= 0.6 is 0 Å². The highest BCUT2D eigenvalue weighted by atomic mass is 19.3. The average molecular weight is 396 g/mol. The van der Waals surface area contributed by atoms with E-state index < -0.39 is 6.61 Å². The highest BCUT2D eigenvalue weighted by molar-refractivity contribution is 5.94. The van der Waals surface area contributed by atoms with Crippen LogP contribution in [-0.2, 0) is 4.79 Å². The van der Waals surface area contributed by atoms with Crippen LogP contribution in [0, 0.1) is 0 Å². The first-order valence-electron chi connectivity index (χ1n) is 9.19. The maximum Gasteiger partial charge on any atom is 0.387 e. The molecule has 3 aromatic carbocycles. The van der Waals surface area contributed by atoms with Crippen molar-refractivity contribution in [2.24, 2.45) is 0 Å². The molecule has 0 spiro atoms. The van der Waals surface area contributed by atoms with Crippen molar-refractivity contribution < 1.29 is 18.3 Å². The van der Waals surface area contributed by atoms with Gasteiger partial charge >= 0.3 is 6.61 Å². The minimum atomic E-state index is -2.87. The van der Waals surface area contributed by atoms with Gasteiger partial charge in [0.25, 0.3) is 0 Å². The van der Waals surface area contributed by atoms with Gasteiger partial charge in [0.2, 0.25) is 5.91 Å². The zero-order valence-corrected chi connectivity index (χ0v) is 16.0. The van der Waals surface area contributed by atoms with E-state index in [-0.39, 0.29) is 24.2 Å². The number of amides is 1. The summed E-state index contributed by atoms with van der Waals surface area (Å²) in [5.74, 6) is 0.00485. The maximum atomic E-state index is 12.6. The fourth-order valence-electron chi connectivity index (χ4n) is 3.02. The Morgan fingerprint density at radius 2 is 1.45 bits per heavy atom. The molecule has 0 aromatic heterocycles. The third-order valence-electron chi connectivity index (χ3n) is 4.55. The first kappa shape index (κ1) is 20.5. The number of halogens is 2. The largest absolute Gasteiger partial charge is 0.435 e. The van der Waals surface area contributed by atoms with Crippen molar-refractivity contribution in [3.63, 3.8) is 0 Å². The van der Waals surface area contributed by atoms with Crippen molar-refractivity contribution >= 4 is 11.6 Å². The number of likely N-dealkylation sites (N-methyl/N-ethyl adjacent to an activating group) is 1. The number of alkyl halides is 2. The smallest absolute Gasteiger partial charge is 0.387 e. The number of carbonyl (C=O) groups excluding carboxylic acids is 1. The number of nitrogens with one attached hydrogen (secondary N) is 1. The second kappa shape index (κ2) is 9.80. The number of nitrogens with zero attached hydrogens (tertiary/aromatic N) is 1. The molecule has 6 heteroatoms. The highest BCUT2D eigenvalue weighted by Gasteiger charge is 2.17. The van der Waals surface area contributed by atoms with Gasteiger partial charge in [0.1, 0.15) is 5.75 Å². The molecule has 0 aliphatic carbocycles. The van der Waals surface area contributed by atoms with Crippen LogP contribution in [0.1, 0.15) is 17.2 Å². The Kier molecular flexibility index (Phi) is 6.92. The number of benzene rings is 3. The van der Waals surface area contributed by atoms with E-state index in [9.17, 15) is 13.6 Å². The van der Waals surface area contributed by atoms with E-state index in [1.54, 1.807) is 24.1 Å². The van der Waals surface area contributed by atoms with Crippen LogP contribution in [0.5, 0.6) is 5.75 Å². The molecule has 29 heavy (non-hydrogen) atoms. The monoisotopic (exact) mass is 396 g/mol. The number of rotatable bonds is 8. The van der Waals surface area contributed by atoms with Gasteiger partial charge in [0, 0.05) is 12.7 Å². The Hall–Kier alpha value is -3.25. The Morgan fingerprint density at radius 3 is 2.03 bits per heavy atom. The third-order valence-corrected chi connectivity index (χ3v) is 4.55. The fraction of sp³-hybridized carbons (Fsp3) is 0.174. The van der Waals surface area contributed by atoms with E-state index in [4.69, 9.17) is 0 Å². The minimum absolute atomic E-state index is 0.0882. The predicted molar refractivity (Wildman–Crippen MR) is 109 cm³/mol. The van der Waals surface area contributed by atoms with Crippen LogP contribution in [0.2, 0.25) is 0 Å². The lowest BCUT2D eigenvalue weighted by atomic mass is 9.98. The number of ether oxygens (including phenoxy) is 1. The van der Waals surface area contributed by atoms with Crippen LogP contribution in [-0.4, -0.2) is 26.1 Å². The van der Waals surface area contributed by atoms with E-state index in [1.165, 1.54) is 12.1 Å². The molecule has 1 N–H and O–H groups in total. The Morgan fingerprint density at radius 1 is 0.897 bits per heavy atom. The summed E-state index contributed by atoms with van der Waals surface area (Å²) < 4.78 is 29.2. The average Bonchev–Trinajstić information content (AvgIpc) is 2.75. The van der Waals surface area contributed by atoms with Gasteiger partial charge in [0.05, 0.1) is 12.6 Å². The second-order valence-corrected chi connectivity index (χ2v) is 6.46. The van der Waals surface area contributed by atoms with Crippen LogP contribution in [0.4, 0.5) is 14.5 Å². The van der Waals surface area contributed by atoms with Crippen molar-refractivity contribution in [2.75, 3.05) is 18.5 Å². The molecule has 0 bridgehead atoms. The van der Waals surface area contributed by atoms with Crippen LogP contribution in [0.25, 0.3) is 0 Å². The molecular weight excluding hydrogens is 374 g/mol. The van der Waals surface area contributed by atoms with Gasteiger partial charge in [-0.25, -0.2) is 0 Å². The molecule has 1 unspecified atom stereocenters. The summed E-state index contributed by atoms with van der Waals surface area (Å²) in [4.78, 5) is 14.2. The van der Waals surface area contributed by atoms with E-state index >= 15 is 0 Å². The Bertz CT molecular complexity index is 903. The molecule has 3 rings (SSSR count). The highest BCUT2D eigenvalue weighted by Crippen LogP contribution is 2.25. The van der Waals surface area contributed by atoms with Crippen molar-refractivity contribution in [3.05, 3.63) is 96.1 Å². The number of hydrogen-bond acceptors (Lipinski definition) is 3. The topological polar surface area (TPSA) is 41.6 Å². The normalized spacial score (nSPS) is 11.9. The van der Waals surface area contributed by atoms with Crippen molar-refractivity contribution in [1.82, 2.24) is 5.32 Å². The Labute approximate surface area is 168 Å². The molecule has 0 fully saturated rings. The third kappa shape index (κ3) is 5.62. The summed E-state index contributed by atoms with van der Waals surface area (Å²) >= 11 is 0. The maximum absolute atomic E-state index is 12.6. The van der Waals surface area contributed by atoms with Crippen LogP contribution in [0.15, 0.2) is 84.9 Å². The van der Waals surface area contributed by atoms with Gasteiger partial charge in [0.15, 0.2) is 0 Å². The van der Waals surface area contributed by atoms with Gasteiger partial charge in [-0.3, -0.25) is 10.1 Å². The van der Waals surface area contributed by atoms with Crippen molar-refractivity contribution in [1.29, 1.82) is 0 Å². The molecule has 0 saturated heterocycles. The first-order valence-corrected chi connectivity index (χ1v) is 9.19. The molecule has 0 aliphatic rings. The molecule has 1 atom stereocenters. The zero-order chi connectivity index (χ0) is 20.6. The SMILES string of the molecule is CN(C(=O)CNC(c1ccccc1)c1ccc(OC(F)F)cc1)c1ccccc1. The molecule has 3 aromatic rings. The van der Waals surface area contributed by atoms with Gasteiger partial charge in [-0.1, -0.05) is 60.7 Å². The quantitative estimate of drug-likeness (QED) is 0.604. The van der Waals surface area contributed by atoms with Crippen LogP contribution in [0.3, 0.4) is 0 Å². The van der Waals surface area contributed by atoms with Gasteiger partial charge in [-0.2, -0.15) is 8.78 Å². The lowest BCUT2D eigenvalue weighted by Gasteiger charge is -2.23. The lowest BCUT2D eigenvalue weighted by molar-refractivity contribution is -0.117. The molecule has 0 heterocycles. The van der Waals surface area contributed by atoms with E-state index in [1.807, 2.05) is 60.7 Å². The number of para-hydroxylation sites is 1. The van der Waals surface area contributed by atoms with Gasteiger partial charge in [-0.15, -0.1) is 0 Å². The minimum Gasteiger partial charge on any atom is -0.435 e. The molecule has 0 saturated carbocycles. The lowest BCUT2D eigenvalue weighted by Crippen LogP contribution is -2.37. The standard InChI is InChI=1S/C23H22F2N2O2/c1-27(19-10-6-3-7-11-19)21(28)16-26-22(17-8-4-2-5-9-17)18-12-14-20(15-13-18)29-23(24)25/h2-15,22-23,26H,16H2,1H3. The molecular formula is C23H22F2N2O2. The fourth-order valence-corrected chi connectivity index (χ4v) is 3.02. The molecule has 150 valence electrons. The zero-order valence-electron chi connectivity index (χ0n) is 16.0. The molecule has 0 aliphatic heterocycles. The summed E-state index contributed by atoms with van der Waals surface area (Å²) in [6.45, 7) is -2.75. The predicted octanol–water partition coefficient (Wildman–Crippen LogP) is 4.63. The van der Waals surface area contributed by atoms with Gasteiger partial charge in [-0.05, 0) is 35.4 Å². The number of carbonyl (C=O) groups is 1. The summed E-state index contributed by atoms with van der Waals surface area (Å²) in [7, 11) is 1.73. The van der Waals surface area contributed by atoms with Crippen molar-refractivity contribution in [3.8, 4) is 5.75 Å². The molecule has 1 amide bonds. The second-order valence-electron chi connectivity index (χ2n) is 6.46. The van der Waals surface area contributed by atoms with Crippen LogP contribution < -0.4 is 15.0 Å². The number of anilines is 1. The van der Waals surface area contributed by atoms with Gasteiger partial charge < -0.3 is 9.64 Å². The summed E-state index contributed by atoms with van der Waals surface area (Å²) in [6.07, 6.45) is 0. The van der Waals surface area contributed by atoms with E-state index in [0.29, 0.717) is 0 Å². The first-order chi connectivity index (χ1) is 14.0. The van der Waals surface area contributed by atoms with E-state index in [2.05, 4.69) is 10.1 Å². The van der Waals surface area contributed by atoms with Crippen molar-refractivity contribution in [2.45, 2.75) is 12.7 Å².